The largest absolute Gasteiger partial charge is 0.454 e. The van der Waals surface area contributed by atoms with Gasteiger partial charge in [-0.3, -0.25) is 9.59 Å². The van der Waals surface area contributed by atoms with E-state index in [0.29, 0.717) is 17.2 Å². The van der Waals surface area contributed by atoms with Crippen molar-refractivity contribution in [3.8, 4) is 11.5 Å². The molecule has 1 aromatic heterocycles. The normalized spacial score (nSPS) is 11.8. The zero-order valence-corrected chi connectivity index (χ0v) is 14.4. The van der Waals surface area contributed by atoms with Gasteiger partial charge in [-0.05, 0) is 36.4 Å². The number of amides is 2. The highest BCUT2D eigenvalue weighted by atomic mass is 19.1. The van der Waals surface area contributed by atoms with Gasteiger partial charge >= 0.3 is 0 Å². The lowest BCUT2D eigenvalue weighted by Gasteiger charge is -2.08. The second kappa shape index (κ2) is 7.36. The lowest BCUT2D eigenvalue weighted by molar-refractivity contribution is 0.101. The van der Waals surface area contributed by atoms with E-state index < -0.39 is 17.6 Å². The molecule has 0 aliphatic carbocycles. The molecule has 2 amide bonds. The first-order valence-electron chi connectivity index (χ1n) is 8.34. The Balaban J connectivity index is 1.49. The molecule has 0 fully saturated rings. The predicted octanol–water partition coefficient (Wildman–Crippen LogP) is 3.45. The molecule has 0 spiro atoms. The van der Waals surface area contributed by atoms with E-state index in [1.54, 1.807) is 24.3 Å². The van der Waals surface area contributed by atoms with Crippen molar-refractivity contribution < 1.29 is 23.5 Å². The lowest BCUT2D eigenvalue weighted by atomic mass is 10.2. The van der Waals surface area contributed by atoms with Crippen LogP contribution in [-0.4, -0.2) is 23.6 Å². The van der Waals surface area contributed by atoms with Gasteiger partial charge in [-0.15, -0.1) is 0 Å². The maximum atomic E-state index is 13.7. The minimum Gasteiger partial charge on any atom is -0.454 e. The molecule has 8 heteroatoms. The molecule has 7 nitrogen and oxygen atoms in total. The van der Waals surface area contributed by atoms with Crippen LogP contribution in [0.15, 0.2) is 60.7 Å². The molecule has 0 unspecified atom stereocenters. The highest BCUT2D eigenvalue weighted by Crippen LogP contribution is 2.34. The number of hydrogen-bond acceptors (Lipinski definition) is 5. The first-order chi connectivity index (χ1) is 13.6. The maximum Gasteiger partial charge on any atom is 0.274 e. The van der Waals surface area contributed by atoms with Crippen LogP contribution in [-0.2, 0) is 0 Å². The molecule has 2 heterocycles. The summed E-state index contributed by atoms with van der Waals surface area (Å²) in [5.41, 5.74) is 0.558. The fourth-order valence-corrected chi connectivity index (χ4v) is 2.61. The number of hydrogen-bond donors (Lipinski definition) is 2. The Bertz CT molecular complexity index is 1070. The second-order valence-electron chi connectivity index (χ2n) is 5.86. The predicted molar refractivity (Wildman–Crippen MR) is 99.1 cm³/mol. The van der Waals surface area contributed by atoms with Gasteiger partial charge in [0.1, 0.15) is 17.2 Å². The third-order valence-corrected chi connectivity index (χ3v) is 3.97. The van der Waals surface area contributed by atoms with Crippen molar-refractivity contribution in [2.45, 2.75) is 0 Å². The summed E-state index contributed by atoms with van der Waals surface area (Å²) in [4.78, 5) is 28.9. The Morgan fingerprint density at radius 3 is 2.36 bits per heavy atom. The summed E-state index contributed by atoms with van der Waals surface area (Å²) >= 11 is 0. The van der Waals surface area contributed by atoms with Gasteiger partial charge in [-0.2, -0.15) is 0 Å². The zero-order valence-electron chi connectivity index (χ0n) is 14.4. The fraction of sp³-hybridized carbons (Fsp3) is 0.0500. The van der Waals surface area contributed by atoms with Crippen LogP contribution in [0.25, 0.3) is 0 Å². The maximum absolute atomic E-state index is 13.7. The molecule has 28 heavy (non-hydrogen) atoms. The first-order valence-corrected chi connectivity index (χ1v) is 8.34. The highest BCUT2D eigenvalue weighted by Gasteiger charge is 2.17. The standard InChI is InChI=1S/C20H14FN3O4/c21-13-4-1-2-5-14(13)24-20(26)16-7-3-6-15(23-16)19(25)22-12-8-9-17-18(10-12)28-11-27-17/h1-10H,11H2,(H,22,25)(H,24,26). The van der Waals surface area contributed by atoms with Gasteiger partial charge < -0.3 is 20.1 Å². The van der Waals surface area contributed by atoms with Crippen LogP contribution < -0.4 is 20.1 Å². The molecule has 0 saturated heterocycles. The van der Waals surface area contributed by atoms with Crippen LogP contribution >= 0.6 is 0 Å². The van der Waals surface area contributed by atoms with E-state index in [4.69, 9.17) is 9.47 Å². The number of para-hydroxylation sites is 1. The van der Waals surface area contributed by atoms with E-state index in [1.807, 2.05) is 0 Å². The topological polar surface area (TPSA) is 89.5 Å². The van der Waals surface area contributed by atoms with Crippen molar-refractivity contribution in [2.75, 3.05) is 17.4 Å². The number of halogens is 1. The Kier molecular flexibility index (Phi) is 4.59. The summed E-state index contributed by atoms with van der Waals surface area (Å²) in [6.07, 6.45) is 0. The summed E-state index contributed by atoms with van der Waals surface area (Å²) in [5.74, 6) is -0.554. The van der Waals surface area contributed by atoms with Crippen molar-refractivity contribution >= 4 is 23.2 Å². The number of nitrogens with zero attached hydrogens (tertiary/aromatic N) is 1. The summed E-state index contributed by atoms with van der Waals surface area (Å²) in [5, 5.41) is 5.12. The van der Waals surface area contributed by atoms with Crippen LogP contribution in [0.2, 0.25) is 0 Å². The fourth-order valence-electron chi connectivity index (χ4n) is 2.61. The van der Waals surface area contributed by atoms with Gasteiger partial charge in [-0.1, -0.05) is 18.2 Å². The van der Waals surface area contributed by atoms with Gasteiger partial charge in [0.05, 0.1) is 5.69 Å². The van der Waals surface area contributed by atoms with E-state index in [1.165, 1.54) is 36.4 Å². The number of anilines is 2. The van der Waals surface area contributed by atoms with Gasteiger partial charge in [0.2, 0.25) is 6.79 Å². The molecule has 0 bridgehead atoms. The number of carbonyl (C=O) groups excluding carboxylic acids is 2. The third kappa shape index (κ3) is 3.61. The average Bonchev–Trinajstić information content (AvgIpc) is 3.17. The molecule has 1 aliphatic rings. The summed E-state index contributed by atoms with van der Waals surface area (Å²) < 4.78 is 24.2. The number of pyridine rings is 1. The quantitative estimate of drug-likeness (QED) is 0.725. The Hall–Kier alpha value is -3.94. The van der Waals surface area contributed by atoms with E-state index in [2.05, 4.69) is 15.6 Å². The number of benzene rings is 2. The van der Waals surface area contributed by atoms with E-state index in [9.17, 15) is 14.0 Å². The van der Waals surface area contributed by atoms with Crippen molar-refractivity contribution in [3.05, 3.63) is 77.9 Å². The van der Waals surface area contributed by atoms with Crippen molar-refractivity contribution in [3.63, 3.8) is 0 Å². The molecule has 1 aliphatic heterocycles. The van der Waals surface area contributed by atoms with E-state index in [0.717, 1.165) is 0 Å². The molecule has 0 radical (unpaired) electrons. The van der Waals surface area contributed by atoms with Crippen LogP contribution in [0.4, 0.5) is 15.8 Å². The smallest absolute Gasteiger partial charge is 0.274 e. The molecule has 2 N–H and O–H groups in total. The van der Waals surface area contributed by atoms with Crippen LogP contribution in [0.5, 0.6) is 11.5 Å². The molecule has 2 aromatic carbocycles. The monoisotopic (exact) mass is 379 g/mol. The van der Waals surface area contributed by atoms with Crippen molar-refractivity contribution in [2.24, 2.45) is 0 Å². The number of fused-ring (bicyclic) bond motifs is 1. The minimum atomic E-state index is -0.622. The minimum absolute atomic E-state index is 0.0124. The van der Waals surface area contributed by atoms with Gasteiger partial charge in [-0.25, -0.2) is 9.37 Å². The average molecular weight is 379 g/mol. The number of aromatic nitrogens is 1. The Labute approximate surface area is 159 Å². The van der Waals surface area contributed by atoms with Crippen LogP contribution in [0.3, 0.4) is 0 Å². The lowest BCUT2D eigenvalue weighted by Crippen LogP contribution is -2.18. The van der Waals surface area contributed by atoms with E-state index in [-0.39, 0.29) is 23.9 Å². The van der Waals surface area contributed by atoms with Gasteiger partial charge in [0.25, 0.3) is 11.8 Å². The third-order valence-electron chi connectivity index (χ3n) is 3.97. The van der Waals surface area contributed by atoms with Gasteiger partial charge in [0.15, 0.2) is 11.5 Å². The first kappa shape index (κ1) is 17.5. The molecule has 4 rings (SSSR count). The van der Waals surface area contributed by atoms with Crippen molar-refractivity contribution in [1.82, 2.24) is 4.98 Å². The molecule has 0 atom stereocenters. The summed E-state index contributed by atoms with van der Waals surface area (Å²) in [7, 11) is 0. The summed E-state index contributed by atoms with van der Waals surface area (Å²) in [6, 6.07) is 15.2. The summed E-state index contributed by atoms with van der Waals surface area (Å²) in [6.45, 7) is 0.132. The Morgan fingerprint density at radius 2 is 1.57 bits per heavy atom. The van der Waals surface area contributed by atoms with Crippen molar-refractivity contribution in [1.29, 1.82) is 0 Å². The number of rotatable bonds is 4. The highest BCUT2D eigenvalue weighted by molar-refractivity contribution is 6.06. The van der Waals surface area contributed by atoms with Crippen LogP contribution in [0.1, 0.15) is 21.0 Å². The second-order valence-corrected chi connectivity index (χ2v) is 5.86. The molecule has 0 saturated carbocycles. The molecular formula is C20H14FN3O4. The van der Waals surface area contributed by atoms with Crippen LogP contribution in [0, 0.1) is 5.82 Å². The Morgan fingerprint density at radius 1 is 0.857 bits per heavy atom. The zero-order chi connectivity index (χ0) is 19.5. The van der Waals surface area contributed by atoms with Gasteiger partial charge in [0, 0.05) is 11.8 Å². The van der Waals surface area contributed by atoms with E-state index >= 15 is 0 Å². The molecule has 3 aromatic rings. The number of ether oxygens (including phenoxy) is 2. The molecule has 140 valence electrons. The SMILES string of the molecule is O=C(Nc1ccc2c(c1)OCO2)c1cccc(C(=O)Nc2ccccc2F)n1. The number of nitrogens with one attached hydrogen (secondary N) is 2. The number of carbonyl (C=O) groups is 2. The molecular weight excluding hydrogens is 365 g/mol.